The maximum absolute atomic E-state index is 13.3. The van der Waals surface area contributed by atoms with E-state index >= 15 is 0 Å². The number of benzene rings is 2. The van der Waals surface area contributed by atoms with Crippen LogP contribution >= 0.6 is 23.2 Å². The lowest BCUT2D eigenvalue weighted by molar-refractivity contribution is -0.119. The fourth-order valence-corrected chi connectivity index (χ4v) is 4.03. The number of aromatic nitrogens is 2. The third-order valence-electron chi connectivity index (χ3n) is 5.00. The number of hydroxylamine groups is 1. The molecule has 2 heterocycles. The zero-order valence-corrected chi connectivity index (χ0v) is 18.7. The molecule has 4 rings (SSSR count). The van der Waals surface area contributed by atoms with Gasteiger partial charge in [-0.2, -0.15) is 10.0 Å². The summed E-state index contributed by atoms with van der Waals surface area (Å²) in [4.78, 5) is 27.6. The van der Waals surface area contributed by atoms with Gasteiger partial charge in [0.2, 0.25) is 5.95 Å². The Morgan fingerprint density at radius 3 is 2.53 bits per heavy atom. The van der Waals surface area contributed by atoms with Crippen molar-refractivity contribution in [2.24, 2.45) is 0 Å². The maximum atomic E-state index is 13.3. The molecule has 0 saturated carbocycles. The van der Waals surface area contributed by atoms with Crippen molar-refractivity contribution in [3.8, 4) is 0 Å². The number of aliphatic hydroxyl groups excluding tert-OH is 1. The van der Waals surface area contributed by atoms with E-state index in [9.17, 15) is 4.79 Å². The molecule has 164 valence electrons. The Labute approximate surface area is 195 Å². The number of rotatable bonds is 6. The molecule has 2 N–H and O–H groups in total. The molecule has 7 nitrogen and oxygen atoms in total. The van der Waals surface area contributed by atoms with Gasteiger partial charge in [-0.05, 0) is 42.7 Å². The van der Waals surface area contributed by atoms with Gasteiger partial charge in [-0.15, -0.1) is 0 Å². The SMILES string of the molecule is CON1C(=O)C(c2c(Cl)cccc2Cl)=CCc2cnc(Nc3ccc(CCO)cc3)nc21. The Bertz CT molecular complexity index is 1160. The molecule has 2 aromatic carbocycles. The number of carbonyl (C=O) groups excluding carboxylic acids is 1. The first-order valence-corrected chi connectivity index (χ1v) is 10.6. The molecule has 3 aromatic rings. The summed E-state index contributed by atoms with van der Waals surface area (Å²) < 4.78 is 0. The van der Waals surface area contributed by atoms with Gasteiger partial charge in [-0.3, -0.25) is 9.63 Å². The van der Waals surface area contributed by atoms with Crippen molar-refractivity contribution < 1.29 is 14.7 Å². The Morgan fingerprint density at radius 1 is 1.16 bits per heavy atom. The van der Waals surface area contributed by atoms with E-state index in [1.54, 1.807) is 30.5 Å². The van der Waals surface area contributed by atoms with Crippen LogP contribution in [0.1, 0.15) is 16.7 Å². The third-order valence-corrected chi connectivity index (χ3v) is 5.63. The zero-order chi connectivity index (χ0) is 22.7. The first kappa shape index (κ1) is 22.2. The second-order valence-electron chi connectivity index (χ2n) is 7.04. The number of halogens is 2. The molecule has 0 atom stereocenters. The fourth-order valence-electron chi connectivity index (χ4n) is 3.43. The second kappa shape index (κ2) is 9.67. The smallest absolute Gasteiger partial charge is 0.284 e. The predicted octanol–water partition coefficient (Wildman–Crippen LogP) is 4.60. The number of hydrogen-bond donors (Lipinski definition) is 2. The largest absolute Gasteiger partial charge is 0.396 e. The highest BCUT2D eigenvalue weighted by Gasteiger charge is 2.30. The quantitative estimate of drug-likeness (QED) is 0.547. The van der Waals surface area contributed by atoms with Crippen LogP contribution in [-0.4, -0.2) is 34.7 Å². The number of aliphatic hydroxyl groups is 1. The Kier molecular flexibility index (Phi) is 6.72. The van der Waals surface area contributed by atoms with Crippen molar-refractivity contribution in [2.75, 3.05) is 24.1 Å². The van der Waals surface area contributed by atoms with Crippen molar-refractivity contribution in [3.05, 3.63) is 81.5 Å². The summed E-state index contributed by atoms with van der Waals surface area (Å²) in [5, 5.41) is 14.0. The normalized spacial score (nSPS) is 13.4. The molecule has 9 heteroatoms. The van der Waals surface area contributed by atoms with Gasteiger partial charge in [0.05, 0.1) is 17.2 Å². The Balaban J connectivity index is 1.65. The number of carbonyl (C=O) groups is 1. The molecule has 1 aromatic heterocycles. The van der Waals surface area contributed by atoms with Crippen LogP contribution in [0.5, 0.6) is 0 Å². The lowest BCUT2D eigenvalue weighted by atomic mass is 10.0. The van der Waals surface area contributed by atoms with E-state index in [-0.39, 0.29) is 6.61 Å². The van der Waals surface area contributed by atoms with Crippen molar-refractivity contribution in [1.82, 2.24) is 9.97 Å². The third kappa shape index (κ3) is 4.47. The number of amides is 1. The predicted molar refractivity (Wildman–Crippen MR) is 125 cm³/mol. The monoisotopic (exact) mass is 470 g/mol. The van der Waals surface area contributed by atoms with E-state index in [2.05, 4.69) is 15.3 Å². The molecule has 1 aliphatic rings. The van der Waals surface area contributed by atoms with Gasteiger partial charge < -0.3 is 10.4 Å². The maximum Gasteiger partial charge on any atom is 0.284 e. The number of nitrogens with one attached hydrogen (secondary N) is 1. The average Bonchev–Trinajstić information content (AvgIpc) is 2.91. The second-order valence-corrected chi connectivity index (χ2v) is 7.85. The van der Waals surface area contributed by atoms with Crippen LogP contribution in [0.25, 0.3) is 5.57 Å². The van der Waals surface area contributed by atoms with Crippen molar-refractivity contribution in [1.29, 1.82) is 0 Å². The average molecular weight is 471 g/mol. The molecule has 0 spiro atoms. The first-order valence-electron chi connectivity index (χ1n) is 9.87. The summed E-state index contributed by atoms with van der Waals surface area (Å²) >= 11 is 12.7. The summed E-state index contributed by atoms with van der Waals surface area (Å²) in [6.45, 7) is 0.0943. The Hall–Kier alpha value is -2.97. The molecule has 0 saturated heterocycles. The molecule has 0 unspecified atom stereocenters. The standard InChI is InChI=1S/C23H20Cl2N4O3/c1-32-29-21-15(7-10-17(22(29)31)20-18(24)3-2-4-19(20)25)13-26-23(28-21)27-16-8-5-14(6-9-16)11-12-30/h2-6,8-10,13,30H,7,11-12H2,1H3,(H,26,27,28). The van der Waals surface area contributed by atoms with E-state index in [1.807, 2.05) is 24.3 Å². The van der Waals surface area contributed by atoms with Gasteiger partial charge in [-0.1, -0.05) is 47.5 Å². The van der Waals surface area contributed by atoms with Crippen molar-refractivity contribution in [2.45, 2.75) is 12.8 Å². The molecular formula is C23H20Cl2N4O3. The van der Waals surface area contributed by atoms with E-state index < -0.39 is 5.91 Å². The summed E-state index contributed by atoms with van der Waals surface area (Å²) in [5.41, 5.74) is 3.28. The molecule has 0 fully saturated rings. The minimum Gasteiger partial charge on any atom is -0.396 e. The summed E-state index contributed by atoms with van der Waals surface area (Å²) in [7, 11) is 1.40. The zero-order valence-electron chi connectivity index (χ0n) is 17.2. The van der Waals surface area contributed by atoms with Crippen LogP contribution in [0.3, 0.4) is 0 Å². The van der Waals surface area contributed by atoms with E-state index in [4.69, 9.17) is 33.1 Å². The van der Waals surface area contributed by atoms with Gasteiger partial charge in [0.15, 0.2) is 5.82 Å². The van der Waals surface area contributed by atoms with Gasteiger partial charge in [0.1, 0.15) is 0 Å². The van der Waals surface area contributed by atoms with Crippen LogP contribution < -0.4 is 10.4 Å². The van der Waals surface area contributed by atoms with E-state index in [0.717, 1.165) is 16.3 Å². The van der Waals surface area contributed by atoms with Crippen LogP contribution in [0.15, 0.2) is 54.7 Å². The minimum absolute atomic E-state index is 0.0943. The molecule has 1 amide bonds. The first-order chi connectivity index (χ1) is 15.5. The summed E-state index contributed by atoms with van der Waals surface area (Å²) in [6, 6.07) is 12.7. The lowest BCUT2D eigenvalue weighted by Crippen LogP contribution is -2.31. The number of hydrogen-bond acceptors (Lipinski definition) is 6. The number of nitrogens with zero attached hydrogens (tertiary/aromatic N) is 3. The molecule has 0 aliphatic carbocycles. The number of allylic oxidation sites excluding steroid dienone is 1. The summed E-state index contributed by atoms with van der Waals surface area (Å²) in [5.74, 6) is 0.216. The van der Waals surface area contributed by atoms with Crippen molar-refractivity contribution in [3.63, 3.8) is 0 Å². The molecule has 1 aliphatic heterocycles. The van der Waals surface area contributed by atoms with Crippen LogP contribution in [0.2, 0.25) is 10.0 Å². The highest BCUT2D eigenvalue weighted by atomic mass is 35.5. The topological polar surface area (TPSA) is 87.6 Å². The molecule has 0 bridgehead atoms. The van der Waals surface area contributed by atoms with Gasteiger partial charge in [0.25, 0.3) is 5.91 Å². The van der Waals surface area contributed by atoms with Crippen molar-refractivity contribution >= 4 is 52.1 Å². The minimum atomic E-state index is -0.431. The molecular weight excluding hydrogens is 451 g/mol. The molecule has 0 radical (unpaired) electrons. The lowest BCUT2D eigenvalue weighted by Gasteiger charge is -2.21. The van der Waals surface area contributed by atoms with Gasteiger partial charge in [-0.25, -0.2) is 4.98 Å². The van der Waals surface area contributed by atoms with Crippen LogP contribution in [-0.2, 0) is 22.5 Å². The Morgan fingerprint density at radius 2 is 1.88 bits per heavy atom. The highest BCUT2D eigenvalue weighted by Crippen LogP contribution is 2.36. The fraction of sp³-hybridized carbons (Fsp3) is 0.174. The van der Waals surface area contributed by atoms with E-state index in [0.29, 0.717) is 51.4 Å². The molecule has 32 heavy (non-hydrogen) atoms. The number of fused-ring (bicyclic) bond motifs is 1. The number of anilines is 3. The van der Waals surface area contributed by atoms with Crippen LogP contribution in [0, 0.1) is 0 Å². The van der Waals surface area contributed by atoms with Gasteiger partial charge >= 0.3 is 0 Å². The highest BCUT2D eigenvalue weighted by molar-refractivity contribution is 6.41. The van der Waals surface area contributed by atoms with E-state index in [1.165, 1.54) is 7.11 Å². The van der Waals surface area contributed by atoms with Crippen LogP contribution in [0.4, 0.5) is 17.5 Å². The van der Waals surface area contributed by atoms with Gasteiger partial charge in [0, 0.05) is 35.2 Å². The summed E-state index contributed by atoms with van der Waals surface area (Å²) in [6.07, 6.45) is 4.39.